The smallest absolute Gasteiger partial charge is 0.251 e. The van der Waals surface area contributed by atoms with Crippen molar-refractivity contribution in [3.63, 3.8) is 0 Å². The second-order valence-electron chi connectivity index (χ2n) is 4.29. The maximum Gasteiger partial charge on any atom is 0.251 e. The zero-order valence-corrected chi connectivity index (χ0v) is 10.7. The lowest BCUT2D eigenvalue weighted by molar-refractivity contribution is -0.121. The van der Waals surface area contributed by atoms with Gasteiger partial charge < -0.3 is 15.4 Å². The first-order chi connectivity index (χ1) is 8.61. The van der Waals surface area contributed by atoms with Gasteiger partial charge >= 0.3 is 0 Å². The molecule has 0 radical (unpaired) electrons. The summed E-state index contributed by atoms with van der Waals surface area (Å²) in [6.07, 6.45) is 3.82. The fraction of sp³-hybridized carbons (Fsp3) is 0.538. The van der Waals surface area contributed by atoms with Crippen molar-refractivity contribution in [2.24, 2.45) is 0 Å². The number of aromatic amines is 1. The van der Waals surface area contributed by atoms with Crippen molar-refractivity contribution in [2.45, 2.75) is 39.0 Å². The summed E-state index contributed by atoms with van der Waals surface area (Å²) in [4.78, 5) is 24.9. The minimum absolute atomic E-state index is 0.00926. The van der Waals surface area contributed by atoms with Crippen LogP contribution in [-0.4, -0.2) is 22.5 Å². The van der Waals surface area contributed by atoms with Crippen LogP contribution in [0.5, 0.6) is 5.75 Å². The van der Waals surface area contributed by atoms with Gasteiger partial charge in [-0.15, -0.1) is 0 Å². The molecule has 1 aromatic heterocycles. The van der Waals surface area contributed by atoms with Crippen LogP contribution >= 0.6 is 0 Å². The van der Waals surface area contributed by atoms with Crippen molar-refractivity contribution in [1.29, 1.82) is 0 Å². The fourth-order valence-corrected chi connectivity index (χ4v) is 1.70. The molecule has 1 heterocycles. The Bertz CT molecular complexity index is 440. The van der Waals surface area contributed by atoms with Gasteiger partial charge in [0, 0.05) is 24.7 Å². The number of nitrogens with one attached hydrogen (secondary N) is 2. The van der Waals surface area contributed by atoms with Gasteiger partial charge in [-0.25, -0.2) is 0 Å². The minimum Gasteiger partial charge on any atom is -0.508 e. The predicted molar refractivity (Wildman–Crippen MR) is 69.6 cm³/mol. The molecule has 0 fully saturated rings. The van der Waals surface area contributed by atoms with Crippen molar-refractivity contribution < 1.29 is 9.90 Å². The van der Waals surface area contributed by atoms with Gasteiger partial charge in [0.25, 0.3) is 5.56 Å². The summed E-state index contributed by atoms with van der Waals surface area (Å²) >= 11 is 0. The van der Waals surface area contributed by atoms with E-state index in [9.17, 15) is 14.7 Å². The topological polar surface area (TPSA) is 82.2 Å². The summed E-state index contributed by atoms with van der Waals surface area (Å²) in [5.74, 6) is 0.0771. The summed E-state index contributed by atoms with van der Waals surface area (Å²) < 4.78 is 0. The first-order valence-electron chi connectivity index (χ1n) is 6.30. The van der Waals surface area contributed by atoms with E-state index < -0.39 is 0 Å². The third-order valence-corrected chi connectivity index (χ3v) is 2.56. The summed E-state index contributed by atoms with van der Waals surface area (Å²) in [5.41, 5.74) is 0.432. The van der Waals surface area contributed by atoms with Gasteiger partial charge in [-0.3, -0.25) is 9.59 Å². The number of aromatic nitrogens is 1. The molecule has 0 bridgehead atoms. The van der Waals surface area contributed by atoms with Crippen LogP contribution in [-0.2, 0) is 11.2 Å². The molecule has 3 N–H and O–H groups in total. The van der Waals surface area contributed by atoms with Crippen molar-refractivity contribution in [1.82, 2.24) is 10.3 Å². The van der Waals surface area contributed by atoms with E-state index in [1.807, 2.05) is 6.92 Å². The number of aromatic hydroxyl groups is 1. The number of unbranched alkanes of at least 4 members (excludes halogenated alkanes) is 1. The van der Waals surface area contributed by atoms with Crippen LogP contribution in [0.4, 0.5) is 0 Å². The van der Waals surface area contributed by atoms with Crippen LogP contribution in [0, 0.1) is 0 Å². The zero-order chi connectivity index (χ0) is 13.4. The molecular formula is C13H20N2O3. The quantitative estimate of drug-likeness (QED) is 0.640. The van der Waals surface area contributed by atoms with Crippen molar-refractivity contribution in [3.05, 3.63) is 28.2 Å². The van der Waals surface area contributed by atoms with Crippen molar-refractivity contribution >= 4 is 5.91 Å². The molecule has 0 unspecified atom stereocenters. The molecule has 0 saturated carbocycles. The molecule has 5 heteroatoms. The van der Waals surface area contributed by atoms with Crippen LogP contribution in [0.15, 0.2) is 16.9 Å². The first kappa shape index (κ1) is 14.3. The predicted octanol–water partition coefficient (Wildman–Crippen LogP) is 1.32. The molecule has 1 rings (SSSR count). The second kappa shape index (κ2) is 7.53. The Hall–Kier alpha value is -1.78. The summed E-state index contributed by atoms with van der Waals surface area (Å²) in [6.45, 7) is 2.62. The Labute approximate surface area is 106 Å². The maximum absolute atomic E-state index is 11.2. The molecule has 1 aromatic rings. The van der Waals surface area contributed by atoms with E-state index in [2.05, 4.69) is 10.3 Å². The number of H-pyrrole nitrogens is 1. The van der Waals surface area contributed by atoms with Gasteiger partial charge in [0.15, 0.2) is 0 Å². The van der Waals surface area contributed by atoms with Gasteiger partial charge in [0.1, 0.15) is 5.75 Å². The Morgan fingerprint density at radius 2 is 2.17 bits per heavy atom. The van der Waals surface area contributed by atoms with Crippen LogP contribution in [0.25, 0.3) is 0 Å². The molecule has 100 valence electrons. The van der Waals surface area contributed by atoms with Gasteiger partial charge in [0.2, 0.25) is 5.91 Å². The number of pyridine rings is 1. The highest BCUT2D eigenvalue weighted by molar-refractivity contribution is 5.75. The van der Waals surface area contributed by atoms with Gasteiger partial charge in [0.05, 0.1) is 0 Å². The highest BCUT2D eigenvalue weighted by Crippen LogP contribution is 2.07. The molecule has 5 nitrogen and oxygen atoms in total. The molecule has 0 atom stereocenters. The Morgan fingerprint density at radius 3 is 2.83 bits per heavy atom. The SMILES string of the molecule is CCCC(=O)NCCCCc1cc(O)cc(=O)[nH]1. The number of rotatable bonds is 7. The number of hydrogen-bond donors (Lipinski definition) is 3. The van der Waals surface area contributed by atoms with E-state index in [1.54, 1.807) is 6.07 Å². The number of amides is 1. The fourth-order valence-electron chi connectivity index (χ4n) is 1.70. The van der Waals surface area contributed by atoms with E-state index in [1.165, 1.54) is 0 Å². The average Bonchev–Trinajstić information content (AvgIpc) is 2.27. The summed E-state index contributed by atoms with van der Waals surface area (Å²) in [6, 6.07) is 2.70. The Morgan fingerprint density at radius 1 is 1.39 bits per heavy atom. The minimum atomic E-state index is -0.291. The zero-order valence-electron chi connectivity index (χ0n) is 10.7. The number of carbonyl (C=O) groups excluding carboxylic acids is 1. The second-order valence-corrected chi connectivity index (χ2v) is 4.29. The summed E-state index contributed by atoms with van der Waals surface area (Å²) in [7, 11) is 0. The molecule has 0 saturated heterocycles. The summed E-state index contributed by atoms with van der Waals surface area (Å²) in [5, 5.41) is 12.1. The molecule has 0 spiro atoms. The Balaban J connectivity index is 2.21. The largest absolute Gasteiger partial charge is 0.508 e. The lowest BCUT2D eigenvalue weighted by Gasteiger charge is -2.04. The average molecular weight is 252 g/mol. The number of aryl methyl sites for hydroxylation is 1. The Kier molecular flexibility index (Phi) is 5.97. The molecule has 0 aliphatic rings. The van der Waals surface area contributed by atoms with Crippen LogP contribution < -0.4 is 10.9 Å². The van der Waals surface area contributed by atoms with Crippen molar-refractivity contribution in [3.8, 4) is 5.75 Å². The highest BCUT2D eigenvalue weighted by Gasteiger charge is 2.00. The first-order valence-corrected chi connectivity index (χ1v) is 6.30. The lowest BCUT2D eigenvalue weighted by atomic mass is 10.1. The van der Waals surface area contributed by atoms with Crippen LogP contribution in [0.2, 0.25) is 0 Å². The maximum atomic E-state index is 11.2. The van der Waals surface area contributed by atoms with Gasteiger partial charge in [-0.1, -0.05) is 6.92 Å². The molecular weight excluding hydrogens is 232 g/mol. The van der Waals surface area contributed by atoms with Gasteiger partial charge in [-0.05, 0) is 31.7 Å². The molecule has 0 aliphatic heterocycles. The third-order valence-electron chi connectivity index (χ3n) is 2.56. The van der Waals surface area contributed by atoms with Crippen molar-refractivity contribution in [2.75, 3.05) is 6.54 Å². The normalized spacial score (nSPS) is 10.3. The van der Waals surface area contributed by atoms with E-state index in [0.29, 0.717) is 19.4 Å². The molecule has 0 aromatic carbocycles. The highest BCUT2D eigenvalue weighted by atomic mass is 16.3. The molecule has 0 aliphatic carbocycles. The third kappa shape index (κ3) is 5.52. The molecule has 1 amide bonds. The monoisotopic (exact) mass is 252 g/mol. The van der Waals surface area contributed by atoms with E-state index in [4.69, 9.17) is 0 Å². The van der Waals surface area contributed by atoms with E-state index in [-0.39, 0.29) is 17.2 Å². The number of hydrogen-bond acceptors (Lipinski definition) is 3. The molecule has 18 heavy (non-hydrogen) atoms. The van der Waals surface area contributed by atoms with E-state index >= 15 is 0 Å². The lowest BCUT2D eigenvalue weighted by Crippen LogP contribution is -2.23. The van der Waals surface area contributed by atoms with Crippen LogP contribution in [0.1, 0.15) is 38.3 Å². The number of carbonyl (C=O) groups is 1. The van der Waals surface area contributed by atoms with Gasteiger partial charge in [-0.2, -0.15) is 0 Å². The standard InChI is InChI=1S/C13H20N2O3/c1-2-5-12(17)14-7-4-3-6-10-8-11(16)9-13(18)15-10/h8-9H,2-7H2,1H3,(H,14,17)(H2,15,16,18). The van der Waals surface area contributed by atoms with Crippen LogP contribution in [0.3, 0.4) is 0 Å². The van der Waals surface area contributed by atoms with E-state index in [0.717, 1.165) is 31.0 Å².